The number of aryl methyl sites for hydroxylation is 1. The molecule has 1 aromatic heterocycles. The van der Waals surface area contributed by atoms with E-state index < -0.39 is 0 Å². The van der Waals surface area contributed by atoms with Crippen LogP contribution in [0.1, 0.15) is 37.1 Å². The molecule has 0 aliphatic heterocycles. The van der Waals surface area contributed by atoms with E-state index in [1.807, 2.05) is 18.4 Å². The second-order valence-electron chi connectivity index (χ2n) is 4.59. The number of hydrogen-bond acceptors (Lipinski definition) is 2. The molecule has 1 N–H and O–H groups in total. The average molecular weight is 221 g/mol. The molecule has 1 amide bonds. The number of rotatable bonds is 3. The van der Waals surface area contributed by atoms with E-state index in [0.717, 1.165) is 24.2 Å². The largest absolute Gasteiger partial charge is 0.352 e. The quantitative estimate of drug-likeness (QED) is 0.842. The highest BCUT2D eigenvalue weighted by molar-refractivity contribution is 5.76. The van der Waals surface area contributed by atoms with Gasteiger partial charge in [0.15, 0.2) is 0 Å². The first-order valence-corrected chi connectivity index (χ1v) is 5.94. The van der Waals surface area contributed by atoms with Crippen molar-refractivity contribution in [2.24, 2.45) is 0 Å². The van der Waals surface area contributed by atoms with Gasteiger partial charge in [0.1, 0.15) is 6.54 Å². The van der Waals surface area contributed by atoms with E-state index in [-0.39, 0.29) is 5.91 Å². The van der Waals surface area contributed by atoms with E-state index in [2.05, 4.69) is 10.3 Å². The van der Waals surface area contributed by atoms with Crippen molar-refractivity contribution in [2.45, 2.75) is 52.1 Å². The van der Waals surface area contributed by atoms with Gasteiger partial charge >= 0.3 is 0 Å². The van der Waals surface area contributed by atoms with E-state index >= 15 is 0 Å². The molecular weight excluding hydrogens is 202 g/mol. The fourth-order valence-electron chi connectivity index (χ4n) is 2.20. The lowest BCUT2D eigenvalue weighted by atomic mass is 10.2. The summed E-state index contributed by atoms with van der Waals surface area (Å²) >= 11 is 0. The lowest BCUT2D eigenvalue weighted by Gasteiger charge is -2.12. The number of amides is 1. The summed E-state index contributed by atoms with van der Waals surface area (Å²) in [6.45, 7) is 4.34. The maximum Gasteiger partial charge on any atom is 0.240 e. The molecule has 1 aromatic rings. The standard InChI is InChI=1S/C12H19N3O/c1-9-10(2)15(8-13-9)7-12(16)14-11-5-3-4-6-11/h8,11H,3-7H2,1-2H3,(H,14,16). The maximum absolute atomic E-state index is 11.8. The van der Waals surface area contributed by atoms with E-state index in [4.69, 9.17) is 0 Å². The first kappa shape index (κ1) is 11.2. The van der Waals surface area contributed by atoms with Gasteiger partial charge in [-0.2, -0.15) is 0 Å². The van der Waals surface area contributed by atoms with Crippen LogP contribution in [0.3, 0.4) is 0 Å². The SMILES string of the molecule is Cc1ncn(CC(=O)NC2CCCC2)c1C. The summed E-state index contributed by atoms with van der Waals surface area (Å²) in [5.74, 6) is 0.104. The van der Waals surface area contributed by atoms with Crippen LogP contribution in [-0.4, -0.2) is 21.5 Å². The minimum Gasteiger partial charge on any atom is -0.352 e. The molecule has 1 aliphatic rings. The zero-order valence-corrected chi connectivity index (χ0v) is 9.99. The predicted molar refractivity (Wildman–Crippen MR) is 62.1 cm³/mol. The Hall–Kier alpha value is -1.32. The predicted octanol–water partition coefficient (Wildman–Crippen LogP) is 1.56. The number of aromatic nitrogens is 2. The van der Waals surface area contributed by atoms with Crippen molar-refractivity contribution >= 4 is 5.91 Å². The number of hydrogen-bond donors (Lipinski definition) is 1. The van der Waals surface area contributed by atoms with Crippen molar-refractivity contribution in [1.82, 2.24) is 14.9 Å². The minimum atomic E-state index is 0.104. The molecule has 0 atom stereocenters. The molecule has 0 aromatic carbocycles. The Balaban J connectivity index is 1.89. The van der Waals surface area contributed by atoms with Gasteiger partial charge in [-0.3, -0.25) is 4.79 Å². The van der Waals surface area contributed by atoms with Crippen LogP contribution in [0.2, 0.25) is 0 Å². The fraction of sp³-hybridized carbons (Fsp3) is 0.667. The Morgan fingerprint density at radius 2 is 2.19 bits per heavy atom. The topological polar surface area (TPSA) is 46.9 Å². The van der Waals surface area contributed by atoms with Gasteiger partial charge in [-0.05, 0) is 26.7 Å². The number of imidazole rings is 1. The molecule has 4 nitrogen and oxygen atoms in total. The zero-order valence-electron chi connectivity index (χ0n) is 9.99. The zero-order chi connectivity index (χ0) is 11.5. The van der Waals surface area contributed by atoms with E-state index in [9.17, 15) is 4.79 Å². The summed E-state index contributed by atoms with van der Waals surface area (Å²) in [7, 11) is 0. The van der Waals surface area contributed by atoms with Crippen LogP contribution in [0.15, 0.2) is 6.33 Å². The second-order valence-corrected chi connectivity index (χ2v) is 4.59. The molecule has 88 valence electrons. The molecule has 1 fully saturated rings. The first-order valence-electron chi connectivity index (χ1n) is 5.94. The van der Waals surface area contributed by atoms with Crippen molar-refractivity contribution in [3.8, 4) is 0 Å². The highest BCUT2D eigenvalue weighted by Crippen LogP contribution is 2.17. The first-order chi connectivity index (χ1) is 7.66. The highest BCUT2D eigenvalue weighted by Gasteiger charge is 2.17. The van der Waals surface area contributed by atoms with Crippen molar-refractivity contribution in [3.63, 3.8) is 0 Å². The summed E-state index contributed by atoms with van der Waals surface area (Å²) in [5, 5.41) is 3.08. The van der Waals surface area contributed by atoms with Crippen LogP contribution in [0, 0.1) is 13.8 Å². The Kier molecular flexibility index (Phi) is 3.27. The minimum absolute atomic E-state index is 0.104. The van der Waals surface area contributed by atoms with Gasteiger partial charge in [0.2, 0.25) is 5.91 Å². The van der Waals surface area contributed by atoms with Crippen LogP contribution in [0.4, 0.5) is 0 Å². The number of nitrogens with one attached hydrogen (secondary N) is 1. The lowest BCUT2D eigenvalue weighted by molar-refractivity contribution is -0.122. The van der Waals surface area contributed by atoms with Gasteiger partial charge in [0.25, 0.3) is 0 Å². The summed E-state index contributed by atoms with van der Waals surface area (Å²) in [6, 6.07) is 0.400. The molecule has 2 rings (SSSR count). The molecule has 0 bridgehead atoms. The number of carbonyl (C=O) groups excluding carboxylic acids is 1. The van der Waals surface area contributed by atoms with Crippen LogP contribution >= 0.6 is 0 Å². The number of carbonyl (C=O) groups is 1. The van der Waals surface area contributed by atoms with Gasteiger partial charge in [-0.1, -0.05) is 12.8 Å². The van der Waals surface area contributed by atoms with Crippen molar-refractivity contribution in [1.29, 1.82) is 0 Å². The average Bonchev–Trinajstić information content (AvgIpc) is 2.83. The molecule has 1 aliphatic carbocycles. The van der Waals surface area contributed by atoms with E-state index in [0.29, 0.717) is 12.6 Å². The molecule has 0 saturated heterocycles. The molecule has 4 heteroatoms. The molecule has 16 heavy (non-hydrogen) atoms. The fourth-order valence-corrected chi connectivity index (χ4v) is 2.20. The molecule has 0 radical (unpaired) electrons. The van der Waals surface area contributed by atoms with Gasteiger partial charge in [-0.25, -0.2) is 4.98 Å². The van der Waals surface area contributed by atoms with Crippen molar-refractivity contribution in [2.75, 3.05) is 0 Å². The summed E-state index contributed by atoms with van der Waals surface area (Å²) < 4.78 is 1.90. The van der Waals surface area contributed by atoms with E-state index in [1.165, 1.54) is 12.8 Å². The molecular formula is C12H19N3O. The van der Waals surface area contributed by atoms with Gasteiger partial charge in [-0.15, -0.1) is 0 Å². The van der Waals surface area contributed by atoms with E-state index in [1.54, 1.807) is 6.33 Å². The van der Waals surface area contributed by atoms with Gasteiger partial charge in [0.05, 0.1) is 12.0 Å². The third kappa shape index (κ3) is 2.43. The normalized spacial score (nSPS) is 16.6. The van der Waals surface area contributed by atoms with Crippen LogP contribution in [0.25, 0.3) is 0 Å². The third-order valence-corrected chi connectivity index (χ3v) is 3.38. The van der Waals surface area contributed by atoms with Crippen LogP contribution < -0.4 is 5.32 Å². The Labute approximate surface area is 96.1 Å². The molecule has 1 heterocycles. The molecule has 0 spiro atoms. The van der Waals surface area contributed by atoms with Crippen molar-refractivity contribution < 1.29 is 4.79 Å². The highest BCUT2D eigenvalue weighted by atomic mass is 16.2. The summed E-state index contributed by atoms with van der Waals surface area (Å²) in [6.07, 6.45) is 6.49. The lowest BCUT2D eigenvalue weighted by Crippen LogP contribution is -2.35. The Morgan fingerprint density at radius 1 is 1.50 bits per heavy atom. The monoisotopic (exact) mass is 221 g/mol. The Bertz CT molecular complexity index is 378. The smallest absolute Gasteiger partial charge is 0.240 e. The molecule has 0 unspecified atom stereocenters. The molecule has 1 saturated carbocycles. The van der Waals surface area contributed by atoms with Crippen molar-refractivity contribution in [3.05, 3.63) is 17.7 Å². The maximum atomic E-state index is 11.8. The van der Waals surface area contributed by atoms with Gasteiger partial charge in [0, 0.05) is 11.7 Å². The third-order valence-electron chi connectivity index (χ3n) is 3.38. The summed E-state index contributed by atoms with van der Waals surface area (Å²) in [4.78, 5) is 16.0. The number of nitrogens with zero attached hydrogens (tertiary/aromatic N) is 2. The van der Waals surface area contributed by atoms with Crippen LogP contribution in [-0.2, 0) is 11.3 Å². The van der Waals surface area contributed by atoms with Gasteiger partial charge < -0.3 is 9.88 Å². The second kappa shape index (κ2) is 4.68. The van der Waals surface area contributed by atoms with Crippen LogP contribution in [0.5, 0.6) is 0 Å². The Morgan fingerprint density at radius 3 is 2.75 bits per heavy atom. The summed E-state index contributed by atoms with van der Waals surface area (Å²) in [5.41, 5.74) is 2.07.